The van der Waals surface area contributed by atoms with Gasteiger partial charge in [-0.05, 0) is 46.3 Å². The first kappa shape index (κ1) is 16.5. The molecule has 2 aliphatic rings. The molecule has 0 saturated carbocycles. The van der Waals surface area contributed by atoms with Gasteiger partial charge in [0.2, 0.25) is 0 Å². The summed E-state index contributed by atoms with van der Waals surface area (Å²) in [6.45, 7) is 6.92. The lowest BCUT2D eigenvalue weighted by atomic mass is 10.0. The van der Waals surface area contributed by atoms with Gasteiger partial charge in [0.25, 0.3) is 5.91 Å². The summed E-state index contributed by atoms with van der Waals surface area (Å²) in [4.78, 5) is 19.5. The molecule has 6 heteroatoms. The highest BCUT2D eigenvalue weighted by Crippen LogP contribution is 2.23. The highest BCUT2D eigenvalue weighted by atomic mass is 16.2. The number of H-pyrrole nitrogens is 1. The first-order valence-corrected chi connectivity index (χ1v) is 8.84. The lowest BCUT2D eigenvalue weighted by molar-refractivity contribution is 0.0656. The molecular formula is C17H29N5O. The largest absolute Gasteiger partial charge is 0.337 e. The van der Waals surface area contributed by atoms with Crippen LogP contribution in [-0.2, 0) is 13.0 Å². The zero-order valence-corrected chi connectivity index (χ0v) is 14.6. The van der Waals surface area contributed by atoms with Crippen molar-refractivity contribution in [3.63, 3.8) is 0 Å². The maximum absolute atomic E-state index is 12.8. The van der Waals surface area contributed by atoms with Crippen molar-refractivity contribution in [2.75, 3.05) is 40.3 Å². The number of aromatic nitrogens is 2. The van der Waals surface area contributed by atoms with E-state index in [2.05, 4.69) is 41.0 Å². The predicted octanol–water partition coefficient (Wildman–Crippen LogP) is 1.34. The average molecular weight is 319 g/mol. The summed E-state index contributed by atoms with van der Waals surface area (Å²) in [6, 6.07) is 0.592. The van der Waals surface area contributed by atoms with Crippen molar-refractivity contribution in [2.24, 2.45) is 0 Å². The molecule has 0 spiro atoms. The minimum absolute atomic E-state index is 0.114. The monoisotopic (exact) mass is 319 g/mol. The SMILES string of the molecule is CCCN1CCc2c(C(=O)N3CCC(N(C)C)CC3)n[nH]c2C1. The number of carbonyl (C=O) groups excluding carboxylic acids is 1. The van der Waals surface area contributed by atoms with E-state index in [1.807, 2.05) is 4.90 Å². The maximum atomic E-state index is 12.8. The Morgan fingerprint density at radius 1 is 1.30 bits per heavy atom. The molecule has 6 nitrogen and oxygen atoms in total. The van der Waals surface area contributed by atoms with E-state index in [4.69, 9.17) is 0 Å². The second kappa shape index (κ2) is 7.01. The van der Waals surface area contributed by atoms with E-state index in [-0.39, 0.29) is 5.91 Å². The molecule has 0 aliphatic carbocycles. The van der Waals surface area contributed by atoms with Gasteiger partial charge in [0.15, 0.2) is 5.69 Å². The van der Waals surface area contributed by atoms with Crippen LogP contribution in [-0.4, -0.2) is 77.1 Å². The molecule has 1 aromatic heterocycles. The molecule has 0 aromatic carbocycles. The minimum Gasteiger partial charge on any atom is -0.337 e. The topological polar surface area (TPSA) is 55.5 Å². The number of fused-ring (bicyclic) bond motifs is 1. The molecule has 0 unspecified atom stereocenters. The van der Waals surface area contributed by atoms with Crippen LogP contribution in [0.4, 0.5) is 0 Å². The predicted molar refractivity (Wildman–Crippen MR) is 90.5 cm³/mol. The molecule has 1 amide bonds. The van der Waals surface area contributed by atoms with Crippen molar-refractivity contribution in [1.29, 1.82) is 0 Å². The van der Waals surface area contributed by atoms with Gasteiger partial charge >= 0.3 is 0 Å². The quantitative estimate of drug-likeness (QED) is 0.910. The van der Waals surface area contributed by atoms with Crippen molar-refractivity contribution in [3.05, 3.63) is 17.0 Å². The van der Waals surface area contributed by atoms with Crippen LogP contribution in [0.15, 0.2) is 0 Å². The van der Waals surface area contributed by atoms with Crippen molar-refractivity contribution in [2.45, 2.75) is 45.2 Å². The van der Waals surface area contributed by atoms with Crippen LogP contribution in [0.1, 0.15) is 47.9 Å². The first-order chi connectivity index (χ1) is 11.1. The van der Waals surface area contributed by atoms with E-state index < -0.39 is 0 Å². The summed E-state index contributed by atoms with van der Waals surface area (Å²) in [7, 11) is 4.24. The molecule has 3 rings (SSSR count). The molecule has 3 heterocycles. The second-order valence-corrected chi connectivity index (χ2v) is 7.04. The van der Waals surface area contributed by atoms with Crippen molar-refractivity contribution >= 4 is 5.91 Å². The number of aromatic amines is 1. The number of nitrogens with zero attached hydrogens (tertiary/aromatic N) is 4. The fraction of sp³-hybridized carbons (Fsp3) is 0.765. The average Bonchev–Trinajstić information content (AvgIpc) is 2.97. The minimum atomic E-state index is 0.114. The molecular weight excluding hydrogens is 290 g/mol. The third kappa shape index (κ3) is 3.43. The third-order valence-electron chi connectivity index (χ3n) is 5.24. The van der Waals surface area contributed by atoms with Gasteiger partial charge in [0.05, 0.1) is 5.69 Å². The summed E-state index contributed by atoms with van der Waals surface area (Å²) in [5.74, 6) is 0.114. The molecule has 0 bridgehead atoms. The number of likely N-dealkylation sites (tertiary alicyclic amines) is 1. The first-order valence-electron chi connectivity index (χ1n) is 8.84. The van der Waals surface area contributed by atoms with Crippen LogP contribution >= 0.6 is 0 Å². The van der Waals surface area contributed by atoms with E-state index in [1.165, 1.54) is 0 Å². The molecule has 1 aromatic rings. The normalized spacial score (nSPS) is 20.1. The standard InChI is InChI=1S/C17H29N5O/c1-4-8-21-9-7-14-15(12-21)18-19-16(14)17(23)22-10-5-13(6-11-22)20(2)3/h13H,4-12H2,1-3H3,(H,18,19). The zero-order valence-electron chi connectivity index (χ0n) is 14.6. The Balaban J connectivity index is 1.66. The Hall–Kier alpha value is -1.40. The number of rotatable bonds is 4. The van der Waals surface area contributed by atoms with E-state index in [9.17, 15) is 4.79 Å². The van der Waals surface area contributed by atoms with Gasteiger partial charge in [-0.2, -0.15) is 5.10 Å². The Morgan fingerprint density at radius 3 is 2.70 bits per heavy atom. The summed E-state index contributed by atoms with van der Waals surface area (Å²) >= 11 is 0. The van der Waals surface area contributed by atoms with Crippen LogP contribution in [0.2, 0.25) is 0 Å². The van der Waals surface area contributed by atoms with Gasteiger partial charge in [0.1, 0.15) is 0 Å². The third-order valence-corrected chi connectivity index (χ3v) is 5.24. The number of amides is 1. The lowest BCUT2D eigenvalue weighted by Crippen LogP contribution is -2.44. The fourth-order valence-electron chi connectivity index (χ4n) is 3.79. The molecule has 1 N–H and O–H groups in total. The number of piperidine rings is 1. The van der Waals surface area contributed by atoms with E-state index in [1.54, 1.807) is 0 Å². The van der Waals surface area contributed by atoms with Crippen molar-refractivity contribution in [3.8, 4) is 0 Å². The smallest absolute Gasteiger partial charge is 0.274 e. The van der Waals surface area contributed by atoms with E-state index in [0.717, 1.165) is 69.7 Å². The number of carbonyl (C=O) groups is 1. The summed E-state index contributed by atoms with van der Waals surface area (Å²) in [6.07, 6.45) is 4.20. The Kier molecular flexibility index (Phi) is 5.02. The van der Waals surface area contributed by atoms with Crippen LogP contribution in [0, 0.1) is 0 Å². The van der Waals surface area contributed by atoms with Gasteiger partial charge in [-0.3, -0.25) is 14.8 Å². The summed E-state index contributed by atoms with van der Waals surface area (Å²) in [5.41, 5.74) is 2.95. The van der Waals surface area contributed by atoms with E-state index >= 15 is 0 Å². The lowest BCUT2D eigenvalue weighted by Gasteiger charge is -2.35. The second-order valence-electron chi connectivity index (χ2n) is 7.04. The van der Waals surface area contributed by atoms with Gasteiger partial charge in [-0.25, -0.2) is 0 Å². The highest BCUT2D eigenvalue weighted by Gasteiger charge is 2.30. The Bertz CT molecular complexity index is 545. The summed E-state index contributed by atoms with van der Waals surface area (Å²) < 4.78 is 0. The molecule has 23 heavy (non-hydrogen) atoms. The molecule has 0 radical (unpaired) electrons. The van der Waals surface area contributed by atoms with Crippen LogP contribution in [0.5, 0.6) is 0 Å². The van der Waals surface area contributed by atoms with Gasteiger partial charge in [0, 0.05) is 37.8 Å². The summed E-state index contributed by atoms with van der Waals surface area (Å²) in [5, 5.41) is 7.48. The Morgan fingerprint density at radius 2 is 2.04 bits per heavy atom. The molecule has 1 saturated heterocycles. The van der Waals surface area contributed by atoms with Crippen LogP contribution in [0.25, 0.3) is 0 Å². The fourth-order valence-corrected chi connectivity index (χ4v) is 3.79. The zero-order chi connectivity index (χ0) is 16.4. The number of hydrogen-bond acceptors (Lipinski definition) is 4. The molecule has 1 fully saturated rings. The highest BCUT2D eigenvalue weighted by molar-refractivity contribution is 5.94. The van der Waals surface area contributed by atoms with Crippen LogP contribution in [0.3, 0.4) is 0 Å². The Labute approximate surface area is 138 Å². The van der Waals surface area contributed by atoms with E-state index in [0.29, 0.717) is 11.7 Å². The van der Waals surface area contributed by atoms with Crippen molar-refractivity contribution in [1.82, 2.24) is 24.9 Å². The molecule has 0 atom stereocenters. The van der Waals surface area contributed by atoms with Gasteiger partial charge in [-0.1, -0.05) is 6.92 Å². The maximum Gasteiger partial charge on any atom is 0.274 e. The van der Waals surface area contributed by atoms with Gasteiger partial charge in [-0.15, -0.1) is 0 Å². The molecule has 128 valence electrons. The van der Waals surface area contributed by atoms with Crippen LogP contribution < -0.4 is 0 Å². The number of nitrogens with one attached hydrogen (secondary N) is 1. The molecule has 2 aliphatic heterocycles. The van der Waals surface area contributed by atoms with Gasteiger partial charge < -0.3 is 9.80 Å². The number of hydrogen-bond donors (Lipinski definition) is 1. The van der Waals surface area contributed by atoms with Crippen molar-refractivity contribution < 1.29 is 4.79 Å².